The molecule has 2 heterocycles. The van der Waals surface area contributed by atoms with Gasteiger partial charge in [0.05, 0.1) is 9.90 Å². The Labute approximate surface area is 236 Å². The first kappa shape index (κ1) is 28.0. The zero-order valence-electron chi connectivity index (χ0n) is 21.1. The average Bonchev–Trinajstić information content (AvgIpc) is 3.48. The van der Waals surface area contributed by atoms with Crippen LogP contribution in [0.2, 0.25) is 5.02 Å². The van der Waals surface area contributed by atoms with Gasteiger partial charge >= 0.3 is 12.3 Å². The number of alkyl halides is 3. The third-order valence-corrected chi connectivity index (χ3v) is 8.38. The number of carboxylic acid groups (broad SMARTS) is 1. The van der Waals surface area contributed by atoms with Crippen LogP contribution in [0.4, 0.5) is 13.2 Å². The van der Waals surface area contributed by atoms with Gasteiger partial charge < -0.3 is 15.2 Å². The maximum Gasteiger partial charge on any atom is 0.573 e. The first-order chi connectivity index (χ1) is 19.0. The molecule has 0 unspecified atom stereocenters. The summed E-state index contributed by atoms with van der Waals surface area (Å²) in [6.07, 6.45) is 2.82. The number of benzene rings is 2. The number of carbonyl (C=O) groups excluding carboxylic acids is 1. The highest BCUT2D eigenvalue weighted by atomic mass is 35.5. The molecule has 0 radical (unpaired) electrons. The number of thiazole rings is 1. The fourth-order valence-corrected chi connectivity index (χ4v) is 6.25. The molecule has 2 N–H and O–H groups in total. The molecule has 0 atom stereocenters. The zero-order chi connectivity index (χ0) is 28.4. The minimum Gasteiger partial charge on any atom is -0.481 e. The number of hydrogen-bond acceptors (Lipinski definition) is 5. The third kappa shape index (κ3) is 6.76. The molecule has 210 valence electrons. The lowest BCUT2D eigenvalue weighted by Crippen LogP contribution is -2.23. The largest absolute Gasteiger partial charge is 0.573 e. The summed E-state index contributed by atoms with van der Waals surface area (Å²) in [7, 11) is 0. The second kappa shape index (κ2) is 11.5. The minimum atomic E-state index is -4.85. The van der Waals surface area contributed by atoms with Crippen molar-refractivity contribution in [2.24, 2.45) is 5.92 Å². The van der Waals surface area contributed by atoms with Gasteiger partial charge in [0.1, 0.15) is 11.4 Å². The molecule has 40 heavy (non-hydrogen) atoms. The smallest absolute Gasteiger partial charge is 0.481 e. The molecule has 0 bridgehead atoms. The van der Waals surface area contributed by atoms with Crippen molar-refractivity contribution in [3.8, 4) is 16.2 Å². The van der Waals surface area contributed by atoms with E-state index >= 15 is 0 Å². The number of rotatable bonds is 8. The van der Waals surface area contributed by atoms with Crippen LogP contribution in [0.15, 0.2) is 54.9 Å². The molecule has 7 nitrogen and oxygen atoms in total. The predicted molar refractivity (Wildman–Crippen MR) is 145 cm³/mol. The lowest BCUT2D eigenvalue weighted by molar-refractivity contribution is -0.274. The van der Waals surface area contributed by atoms with Crippen LogP contribution in [-0.4, -0.2) is 32.7 Å². The number of nitrogens with one attached hydrogen (secondary N) is 1. The Morgan fingerprint density at radius 3 is 2.45 bits per heavy atom. The Bertz CT molecular complexity index is 1490. The minimum absolute atomic E-state index is 0.0504. The predicted octanol–water partition coefficient (Wildman–Crippen LogP) is 7.29. The first-order valence-electron chi connectivity index (χ1n) is 12.7. The molecule has 12 heteroatoms. The summed E-state index contributed by atoms with van der Waals surface area (Å²) >= 11 is 7.32. The second-order valence-corrected chi connectivity index (χ2v) is 11.3. The number of aromatic nitrogens is 2. The molecule has 4 aromatic rings. The summed E-state index contributed by atoms with van der Waals surface area (Å²) in [5, 5.41) is 11.5. The molecule has 2 aromatic carbocycles. The van der Waals surface area contributed by atoms with Gasteiger partial charge in [0.2, 0.25) is 0 Å². The van der Waals surface area contributed by atoms with Crippen LogP contribution in [0, 0.1) is 5.92 Å². The van der Waals surface area contributed by atoms with E-state index in [-0.39, 0.29) is 29.6 Å². The summed E-state index contributed by atoms with van der Waals surface area (Å²) in [5.41, 5.74) is 3.03. The van der Waals surface area contributed by atoms with Crippen molar-refractivity contribution in [1.82, 2.24) is 14.7 Å². The molecule has 1 aliphatic rings. The van der Waals surface area contributed by atoms with Gasteiger partial charge in [-0.05, 0) is 66.3 Å². The molecule has 0 aliphatic heterocycles. The number of halogens is 4. The van der Waals surface area contributed by atoms with Crippen LogP contribution in [0.1, 0.15) is 59.6 Å². The lowest BCUT2D eigenvalue weighted by atomic mass is 9.77. The molecule has 1 saturated carbocycles. The second-order valence-electron chi connectivity index (χ2n) is 9.84. The highest BCUT2D eigenvalue weighted by molar-refractivity contribution is 7.20. The van der Waals surface area contributed by atoms with Gasteiger partial charge in [0.15, 0.2) is 4.96 Å². The van der Waals surface area contributed by atoms with Crippen molar-refractivity contribution in [3.63, 3.8) is 0 Å². The van der Waals surface area contributed by atoms with Crippen LogP contribution in [0.25, 0.3) is 15.4 Å². The third-order valence-electron chi connectivity index (χ3n) is 7.04. The van der Waals surface area contributed by atoms with Gasteiger partial charge in [0.25, 0.3) is 5.91 Å². The van der Waals surface area contributed by atoms with E-state index in [1.54, 1.807) is 10.6 Å². The van der Waals surface area contributed by atoms with E-state index in [2.05, 4.69) is 39.3 Å². The van der Waals surface area contributed by atoms with Crippen LogP contribution in [-0.2, 0) is 11.3 Å². The molecule has 1 fully saturated rings. The van der Waals surface area contributed by atoms with Crippen LogP contribution in [0.3, 0.4) is 0 Å². The average molecular weight is 592 g/mol. The van der Waals surface area contributed by atoms with Crippen LogP contribution >= 0.6 is 22.9 Å². The van der Waals surface area contributed by atoms with Gasteiger partial charge in [-0.1, -0.05) is 53.3 Å². The Balaban J connectivity index is 1.18. The number of carbonyl (C=O) groups is 2. The fraction of sp³-hybridized carbons (Fsp3) is 0.321. The summed E-state index contributed by atoms with van der Waals surface area (Å²) in [4.78, 5) is 29.7. The van der Waals surface area contributed by atoms with E-state index < -0.39 is 24.0 Å². The summed E-state index contributed by atoms with van der Waals surface area (Å²) in [5.74, 6) is -0.937. The molecule has 0 spiro atoms. The van der Waals surface area contributed by atoms with Crippen molar-refractivity contribution in [2.75, 3.05) is 0 Å². The van der Waals surface area contributed by atoms with Crippen molar-refractivity contribution >= 4 is 39.8 Å². The van der Waals surface area contributed by atoms with Gasteiger partial charge in [-0.2, -0.15) is 0 Å². The van der Waals surface area contributed by atoms with E-state index in [9.17, 15) is 22.8 Å². The summed E-state index contributed by atoms with van der Waals surface area (Å²) < 4.78 is 42.9. The van der Waals surface area contributed by atoms with E-state index in [1.165, 1.54) is 29.0 Å². The highest BCUT2D eigenvalue weighted by Crippen LogP contribution is 2.38. The molecule has 1 amide bonds. The topological polar surface area (TPSA) is 92.9 Å². The highest BCUT2D eigenvalue weighted by Gasteiger charge is 2.32. The Kier molecular flexibility index (Phi) is 8.04. The summed E-state index contributed by atoms with van der Waals surface area (Å²) in [6.45, 7) is 0.0504. The molecule has 5 rings (SSSR count). The van der Waals surface area contributed by atoms with Gasteiger partial charge in [-0.15, -0.1) is 13.2 Å². The maximum absolute atomic E-state index is 12.6. The molecule has 0 saturated heterocycles. The fourth-order valence-electron chi connectivity index (χ4n) is 5.04. The Morgan fingerprint density at radius 1 is 1.10 bits per heavy atom. The molecular formula is C28H25ClF3N3O4S. The monoisotopic (exact) mass is 591 g/mol. The van der Waals surface area contributed by atoms with Crippen molar-refractivity contribution < 1.29 is 32.6 Å². The van der Waals surface area contributed by atoms with E-state index in [1.807, 2.05) is 6.20 Å². The normalized spacial score (nSPS) is 17.6. The van der Waals surface area contributed by atoms with Crippen LogP contribution in [0.5, 0.6) is 5.75 Å². The van der Waals surface area contributed by atoms with E-state index in [0.717, 1.165) is 42.2 Å². The quantitative estimate of drug-likeness (QED) is 0.224. The number of aliphatic carboxylic acids is 1. The molecule has 1 aliphatic carbocycles. The number of amides is 1. The number of nitrogens with zero attached hydrogens (tertiary/aromatic N) is 2. The number of fused-ring (bicyclic) bond motifs is 1. The lowest BCUT2D eigenvalue weighted by Gasteiger charge is -2.28. The van der Waals surface area contributed by atoms with E-state index in [4.69, 9.17) is 16.7 Å². The molecule has 2 aromatic heterocycles. The van der Waals surface area contributed by atoms with Gasteiger partial charge in [-0.25, -0.2) is 4.98 Å². The maximum atomic E-state index is 12.6. The Hall–Kier alpha value is -3.57. The van der Waals surface area contributed by atoms with E-state index in [0.29, 0.717) is 16.4 Å². The summed E-state index contributed by atoms with van der Waals surface area (Å²) in [6, 6.07) is 12.2. The SMILES string of the molecule is O=C(O)CC1CCC(c2ccc(-c3cn4cc(C(=O)NCc5ccc(OC(F)(F)F)c(Cl)c5)nc4s3)cc2)CC1. The molecular weight excluding hydrogens is 567 g/mol. The number of carboxylic acids is 1. The van der Waals surface area contributed by atoms with Gasteiger partial charge in [-0.3, -0.25) is 14.0 Å². The van der Waals surface area contributed by atoms with Gasteiger partial charge in [0, 0.05) is 25.4 Å². The van der Waals surface area contributed by atoms with Crippen LogP contribution < -0.4 is 10.1 Å². The zero-order valence-corrected chi connectivity index (χ0v) is 22.7. The number of imidazole rings is 1. The standard InChI is InChI=1S/C28H25ClF3N3O4S/c29-21-11-17(3-10-23(21)39-28(30,31)32)13-33-26(38)22-14-35-15-24(40-27(35)34-22)20-8-6-19(7-9-20)18-4-1-16(2-5-18)12-25(36)37/h3,6-11,14-16,18H,1-2,4-5,12-13H2,(H,33,38)(H,36,37). The number of ether oxygens (including phenoxy) is 1. The van der Waals surface area contributed by atoms with Crippen molar-refractivity contribution in [2.45, 2.75) is 50.9 Å². The van der Waals surface area contributed by atoms with Crippen molar-refractivity contribution in [1.29, 1.82) is 0 Å². The number of hydrogen-bond donors (Lipinski definition) is 2. The first-order valence-corrected chi connectivity index (χ1v) is 13.9. The van der Waals surface area contributed by atoms with Crippen molar-refractivity contribution in [3.05, 3.63) is 76.7 Å². The Morgan fingerprint density at radius 2 is 1.82 bits per heavy atom.